The smallest absolute Gasteiger partial charge is 0.255 e. The molecule has 7 heteroatoms. The normalized spacial score (nSPS) is 18.4. The average Bonchev–Trinajstić information content (AvgIpc) is 3.23. The van der Waals surface area contributed by atoms with Crippen molar-refractivity contribution in [3.63, 3.8) is 0 Å². The molecule has 132 valence electrons. The number of amides is 2. The number of rotatable bonds is 8. The molecule has 0 spiro atoms. The van der Waals surface area contributed by atoms with Gasteiger partial charge in [-0.25, -0.2) is 0 Å². The van der Waals surface area contributed by atoms with Crippen LogP contribution in [0, 0.1) is 5.92 Å². The molecule has 0 aliphatic heterocycles. The fourth-order valence-electron chi connectivity index (χ4n) is 2.71. The zero-order valence-electron chi connectivity index (χ0n) is 13.9. The van der Waals surface area contributed by atoms with Gasteiger partial charge in [-0.1, -0.05) is 6.07 Å². The molecule has 0 radical (unpaired) electrons. The second kappa shape index (κ2) is 7.29. The predicted molar refractivity (Wildman–Crippen MR) is 89.1 cm³/mol. The monoisotopic (exact) mass is 344 g/mol. The van der Waals surface area contributed by atoms with Gasteiger partial charge < -0.3 is 24.9 Å². The summed E-state index contributed by atoms with van der Waals surface area (Å²) in [6.07, 6.45) is 2.43. The number of carbonyl (C=O) groups excluding carboxylic acids is 2. The van der Waals surface area contributed by atoms with Crippen LogP contribution in [0.15, 0.2) is 41.0 Å². The zero-order chi connectivity index (χ0) is 17.8. The van der Waals surface area contributed by atoms with Crippen LogP contribution in [0.2, 0.25) is 0 Å². The van der Waals surface area contributed by atoms with E-state index in [0.717, 1.165) is 17.7 Å². The molecule has 0 saturated heterocycles. The first-order chi connectivity index (χ1) is 12.1. The molecule has 7 nitrogen and oxygen atoms in total. The Morgan fingerprint density at radius 3 is 2.84 bits per heavy atom. The average molecular weight is 344 g/mol. The van der Waals surface area contributed by atoms with E-state index in [-0.39, 0.29) is 24.3 Å². The highest BCUT2D eigenvalue weighted by Gasteiger charge is 2.45. The van der Waals surface area contributed by atoms with Gasteiger partial charge in [-0.15, -0.1) is 0 Å². The van der Waals surface area contributed by atoms with Crippen LogP contribution < -0.4 is 20.5 Å². The number of carbonyl (C=O) groups is 2. The molecule has 1 aromatic heterocycles. The number of hydrogen-bond donors (Lipinski definition) is 2. The Hall–Kier alpha value is -2.96. The van der Waals surface area contributed by atoms with E-state index < -0.39 is 5.91 Å². The Bertz CT molecular complexity index is 757. The number of furan rings is 1. The molecule has 3 N–H and O–H groups in total. The number of benzene rings is 1. The Morgan fingerprint density at radius 1 is 1.32 bits per heavy atom. The van der Waals surface area contributed by atoms with Crippen molar-refractivity contribution in [1.29, 1.82) is 0 Å². The van der Waals surface area contributed by atoms with E-state index in [1.54, 1.807) is 24.5 Å². The fraction of sp³-hybridized carbons (Fsp3) is 0.333. The maximum atomic E-state index is 12.2. The van der Waals surface area contributed by atoms with E-state index in [4.69, 9.17) is 19.6 Å². The molecule has 2 atom stereocenters. The minimum atomic E-state index is -0.561. The number of nitrogens with one attached hydrogen (secondary N) is 1. The third-order valence-corrected chi connectivity index (χ3v) is 4.10. The van der Waals surface area contributed by atoms with Crippen LogP contribution in [-0.2, 0) is 16.1 Å². The number of methoxy groups -OCH3 is 1. The molecule has 1 heterocycles. The van der Waals surface area contributed by atoms with Gasteiger partial charge in [0.15, 0.2) is 18.1 Å². The minimum Gasteiger partial charge on any atom is -0.493 e. The lowest BCUT2D eigenvalue weighted by atomic mass is 10.2. The maximum absolute atomic E-state index is 12.2. The van der Waals surface area contributed by atoms with E-state index >= 15 is 0 Å². The Kier molecular flexibility index (Phi) is 4.92. The summed E-state index contributed by atoms with van der Waals surface area (Å²) in [6.45, 7) is 0.162. The summed E-state index contributed by atoms with van der Waals surface area (Å²) in [4.78, 5) is 23.0. The lowest BCUT2D eigenvalue weighted by Gasteiger charge is -2.11. The van der Waals surface area contributed by atoms with Gasteiger partial charge in [0.05, 0.1) is 13.4 Å². The number of nitrogens with two attached hydrogens (primary N) is 1. The van der Waals surface area contributed by atoms with Crippen molar-refractivity contribution in [2.24, 2.45) is 11.7 Å². The molecular weight excluding hydrogens is 324 g/mol. The maximum Gasteiger partial charge on any atom is 0.255 e. The van der Waals surface area contributed by atoms with Crippen molar-refractivity contribution in [2.75, 3.05) is 13.7 Å². The van der Waals surface area contributed by atoms with Gasteiger partial charge in [0.2, 0.25) is 5.91 Å². The number of hydrogen-bond acceptors (Lipinski definition) is 5. The van der Waals surface area contributed by atoms with Crippen molar-refractivity contribution in [2.45, 2.75) is 18.9 Å². The summed E-state index contributed by atoms with van der Waals surface area (Å²) in [6, 6.07) is 8.97. The number of ether oxygens (including phenoxy) is 2. The molecule has 1 aliphatic rings. The SMILES string of the molecule is COc1cc(CNC(=O)[C@H]2C[C@@H]2c2ccco2)ccc1OCC(N)=O. The summed E-state index contributed by atoms with van der Waals surface area (Å²) in [5.74, 6) is 1.35. The van der Waals surface area contributed by atoms with Gasteiger partial charge in [0, 0.05) is 18.4 Å². The zero-order valence-corrected chi connectivity index (χ0v) is 13.9. The van der Waals surface area contributed by atoms with Gasteiger partial charge in [-0.05, 0) is 36.2 Å². The molecule has 0 bridgehead atoms. The van der Waals surface area contributed by atoms with Crippen LogP contribution in [0.3, 0.4) is 0 Å². The third-order valence-electron chi connectivity index (χ3n) is 4.10. The highest BCUT2D eigenvalue weighted by Crippen LogP contribution is 2.47. The van der Waals surface area contributed by atoms with E-state index in [0.29, 0.717) is 18.0 Å². The fourth-order valence-corrected chi connectivity index (χ4v) is 2.71. The largest absolute Gasteiger partial charge is 0.493 e. The van der Waals surface area contributed by atoms with Crippen LogP contribution in [0.4, 0.5) is 0 Å². The van der Waals surface area contributed by atoms with Gasteiger partial charge in [-0.3, -0.25) is 9.59 Å². The molecule has 1 fully saturated rings. The third kappa shape index (κ3) is 4.12. The first-order valence-corrected chi connectivity index (χ1v) is 7.97. The highest BCUT2D eigenvalue weighted by atomic mass is 16.5. The molecule has 25 heavy (non-hydrogen) atoms. The van der Waals surface area contributed by atoms with Crippen molar-refractivity contribution < 1.29 is 23.5 Å². The van der Waals surface area contributed by atoms with Crippen molar-refractivity contribution in [3.8, 4) is 11.5 Å². The van der Waals surface area contributed by atoms with Gasteiger partial charge in [-0.2, -0.15) is 0 Å². The van der Waals surface area contributed by atoms with Gasteiger partial charge in [0.1, 0.15) is 5.76 Å². The van der Waals surface area contributed by atoms with Crippen molar-refractivity contribution in [3.05, 3.63) is 47.9 Å². The van der Waals surface area contributed by atoms with Crippen molar-refractivity contribution in [1.82, 2.24) is 5.32 Å². The van der Waals surface area contributed by atoms with Crippen LogP contribution in [0.25, 0.3) is 0 Å². The van der Waals surface area contributed by atoms with Crippen LogP contribution in [-0.4, -0.2) is 25.5 Å². The van der Waals surface area contributed by atoms with Crippen LogP contribution in [0.5, 0.6) is 11.5 Å². The topological polar surface area (TPSA) is 104 Å². The number of primary amides is 1. The first-order valence-electron chi connectivity index (χ1n) is 7.97. The Morgan fingerprint density at radius 2 is 2.16 bits per heavy atom. The predicted octanol–water partition coefficient (Wildman–Crippen LogP) is 1.57. The Labute approximate surface area is 145 Å². The minimum absolute atomic E-state index is 0.00872. The van der Waals surface area contributed by atoms with Crippen LogP contribution in [0.1, 0.15) is 23.7 Å². The molecule has 0 unspecified atom stereocenters. The lowest BCUT2D eigenvalue weighted by Crippen LogP contribution is -2.25. The van der Waals surface area contributed by atoms with Gasteiger partial charge >= 0.3 is 0 Å². The summed E-state index contributed by atoms with van der Waals surface area (Å²) >= 11 is 0. The van der Waals surface area contributed by atoms with E-state index in [2.05, 4.69) is 5.32 Å². The molecule has 1 saturated carbocycles. The second-order valence-corrected chi connectivity index (χ2v) is 5.92. The first kappa shape index (κ1) is 16.9. The summed E-state index contributed by atoms with van der Waals surface area (Å²) in [5.41, 5.74) is 5.93. The molecular formula is C18H20N2O5. The highest BCUT2D eigenvalue weighted by molar-refractivity contribution is 5.82. The molecule has 2 amide bonds. The quantitative estimate of drug-likeness (QED) is 0.756. The van der Waals surface area contributed by atoms with Gasteiger partial charge in [0.25, 0.3) is 5.91 Å². The molecule has 3 rings (SSSR count). The molecule has 1 aromatic carbocycles. The Balaban J connectivity index is 1.54. The van der Waals surface area contributed by atoms with Crippen LogP contribution >= 0.6 is 0 Å². The lowest BCUT2D eigenvalue weighted by molar-refractivity contribution is -0.122. The summed E-state index contributed by atoms with van der Waals surface area (Å²) < 4.78 is 15.9. The van der Waals surface area contributed by atoms with E-state index in [1.807, 2.05) is 12.1 Å². The summed E-state index contributed by atoms with van der Waals surface area (Å²) in [7, 11) is 1.51. The standard InChI is InChI=1S/C18H20N2O5/c1-23-16-7-11(4-5-15(16)25-10-17(19)21)9-20-18(22)13-8-12(13)14-3-2-6-24-14/h2-7,12-13H,8-10H2,1H3,(H2,19,21)(H,20,22)/t12-,13-/m0/s1. The van der Waals surface area contributed by atoms with E-state index in [1.165, 1.54) is 7.11 Å². The second-order valence-electron chi connectivity index (χ2n) is 5.92. The van der Waals surface area contributed by atoms with E-state index in [9.17, 15) is 9.59 Å². The molecule has 2 aromatic rings. The summed E-state index contributed by atoms with van der Waals surface area (Å²) in [5, 5.41) is 2.92. The molecule has 1 aliphatic carbocycles. The van der Waals surface area contributed by atoms with Crippen molar-refractivity contribution >= 4 is 11.8 Å².